The molecule has 0 radical (unpaired) electrons. The van der Waals surface area contributed by atoms with Gasteiger partial charge in [-0.05, 0) is 49.3 Å². The number of halogens is 1. The van der Waals surface area contributed by atoms with E-state index in [0.29, 0.717) is 24.3 Å². The summed E-state index contributed by atoms with van der Waals surface area (Å²) in [7, 11) is 0. The van der Waals surface area contributed by atoms with Crippen molar-refractivity contribution in [2.75, 3.05) is 0 Å². The van der Waals surface area contributed by atoms with E-state index in [1.54, 1.807) is 6.07 Å². The van der Waals surface area contributed by atoms with Gasteiger partial charge in [-0.3, -0.25) is 0 Å². The normalized spacial score (nSPS) is 22.5. The van der Waals surface area contributed by atoms with Gasteiger partial charge in [0, 0.05) is 18.7 Å². The maximum absolute atomic E-state index is 13.8. The van der Waals surface area contributed by atoms with E-state index < -0.39 is 0 Å². The van der Waals surface area contributed by atoms with Gasteiger partial charge in [0.25, 0.3) is 0 Å². The minimum atomic E-state index is -0.211. The topological polar surface area (TPSA) is 21.3 Å². The second-order valence-corrected chi connectivity index (χ2v) is 6.44. The summed E-state index contributed by atoms with van der Waals surface area (Å²) >= 11 is 0. The molecule has 1 aromatic carbocycles. The standard InChI is InChI=1S/C18H28FNO/c1-4-15-7-5-6-8-18(15)21-17-10-14(9-16(19)11-17)12-20-13(2)3/h9-11,13,15,18,20H,4-8,12H2,1-3H3. The predicted octanol–water partition coefficient (Wildman–Crippen LogP) is 4.67. The van der Waals surface area contributed by atoms with Crippen LogP contribution in [0.15, 0.2) is 18.2 Å². The van der Waals surface area contributed by atoms with Gasteiger partial charge in [0.05, 0.1) is 0 Å². The van der Waals surface area contributed by atoms with Crippen molar-refractivity contribution < 1.29 is 9.13 Å². The summed E-state index contributed by atoms with van der Waals surface area (Å²) < 4.78 is 19.9. The largest absolute Gasteiger partial charge is 0.490 e. The highest BCUT2D eigenvalue weighted by Crippen LogP contribution is 2.31. The molecule has 0 aromatic heterocycles. The Labute approximate surface area is 128 Å². The molecule has 2 rings (SSSR count). The highest BCUT2D eigenvalue weighted by atomic mass is 19.1. The molecule has 0 saturated heterocycles. The van der Waals surface area contributed by atoms with Crippen LogP contribution in [-0.2, 0) is 6.54 Å². The molecule has 1 aromatic rings. The summed E-state index contributed by atoms with van der Waals surface area (Å²) in [6.45, 7) is 7.07. The van der Waals surface area contributed by atoms with E-state index >= 15 is 0 Å². The first-order valence-electron chi connectivity index (χ1n) is 8.28. The SMILES string of the molecule is CCC1CCCCC1Oc1cc(F)cc(CNC(C)C)c1. The first-order valence-corrected chi connectivity index (χ1v) is 8.28. The summed E-state index contributed by atoms with van der Waals surface area (Å²) in [5, 5.41) is 3.32. The minimum absolute atomic E-state index is 0.211. The molecule has 1 N–H and O–H groups in total. The number of ether oxygens (including phenoxy) is 1. The molecule has 118 valence electrons. The van der Waals surface area contributed by atoms with Crippen LogP contribution in [0.3, 0.4) is 0 Å². The Kier molecular flexibility index (Phi) is 6.04. The molecule has 2 atom stereocenters. The third kappa shape index (κ3) is 4.99. The van der Waals surface area contributed by atoms with Crippen LogP contribution in [0.2, 0.25) is 0 Å². The molecule has 21 heavy (non-hydrogen) atoms. The zero-order valence-corrected chi connectivity index (χ0v) is 13.5. The van der Waals surface area contributed by atoms with Crippen molar-refractivity contribution in [2.45, 2.75) is 71.6 Å². The molecular formula is C18H28FNO. The van der Waals surface area contributed by atoms with Gasteiger partial charge < -0.3 is 10.1 Å². The van der Waals surface area contributed by atoms with Crippen molar-refractivity contribution in [3.05, 3.63) is 29.6 Å². The Morgan fingerprint density at radius 3 is 2.71 bits per heavy atom. The second-order valence-electron chi connectivity index (χ2n) is 6.44. The van der Waals surface area contributed by atoms with Crippen molar-refractivity contribution in [1.82, 2.24) is 5.32 Å². The van der Waals surface area contributed by atoms with Gasteiger partial charge >= 0.3 is 0 Å². The van der Waals surface area contributed by atoms with Crippen LogP contribution in [0, 0.1) is 11.7 Å². The molecule has 2 unspecified atom stereocenters. The quantitative estimate of drug-likeness (QED) is 0.823. The first-order chi connectivity index (χ1) is 10.1. The predicted molar refractivity (Wildman–Crippen MR) is 85.0 cm³/mol. The van der Waals surface area contributed by atoms with E-state index in [-0.39, 0.29) is 11.9 Å². The van der Waals surface area contributed by atoms with E-state index in [0.717, 1.165) is 18.4 Å². The zero-order valence-electron chi connectivity index (χ0n) is 13.5. The molecule has 3 heteroatoms. The lowest BCUT2D eigenvalue weighted by molar-refractivity contribution is 0.0900. The van der Waals surface area contributed by atoms with Crippen LogP contribution in [-0.4, -0.2) is 12.1 Å². The summed E-state index contributed by atoms with van der Waals surface area (Å²) in [6, 6.07) is 5.46. The molecule has 0 heterocycles. The summed E-state index contributed by atoms with van der Waals surface area (Å²) in [6.07, 6.45) is 6.23. The van der Waals surface area contributed by atoms with Crippen molar-refractivity contribution in [2.24, 2.45) is 5.92 Å². The Bertz CT molecular complexity index is 447. The molecule has 1 aliphatic rings. The van der Waals surface area contributed by atoms with Crippen LogP contribution >= 0.6 is 0 Å². The Balaban J connectivity index is 2.04. The molecule has 0 bridgehead atoms. The number of hydrogen-bond donors (Lipinski definition) is 1. The van der Waals surface area contributed by atoms with Gasteiger partial charge in [0.15, 0.2) is 0 Å². The van der Waals surface area contributed by atoms with Crippen molar-refractivity contribution in [1.29, 1.82) is 0 Å². The Morgan fingerprint density at radius 1 is 1.24 bits per heavy atom. The van der Waals surface area contributed by atoms with Crippen LogP contribution in [0.5, 0.6) is 5.75 Å². The summed E-state index contributed by atoms with van der Waals surface area (Å²) in [5.41, 5.74) is 0.947. The highest BCUT2D eigenvalue weighted by Gasteiger charge is 2.25. The molecular weight excluding hydrogens is 265 g/mol. The van der Waals surface area contributed by atoms with Gasteiger partial charge in [0.1, 0.15) is 17.7 Å². The van der Waals surface area contributed by atoms with Crippen molar-refractivity contribution >= 4 is 0 Å². The second kappa shape index (κ2) is 7.79. The van der Waals surface area contributed by atoms with Gasteiger partial charge in [0.2, 0.25) is 0 Å². The molecule has 1 aliphatic carbocycles. The van der Waals surface area contributed by atoms with Crippen LogP contribution < -0.4 is 10.1 Å². The summed E-state index contributed by atoms with van der Waals surface area (Å²) in [5.74, 6) is 1.08. The third-order valence-corrected chi connectivity index (χ3v) is 4.30. The van der Waals surface area contributed by atoms with Crippen molar-refractivity contribution in [3.63, 3.8) is 0 Å². The molecule has 0 aliphatic heterocycles. The molecule has 0 spiro atoms. The number of nitrogens with one attached hydrogen (secondary N) is 1. The fourth-order valence-electron chi connectivity index (χ4n) is 3.08. The lowest BCUT2D eigenvalue weighted by Crippen LogP contribution is -2.30. The number of rotatable bonds is 6. The van der Waals surface area contributed by atoms with E-state index in [1.807, 2.05) is 6.07 Å². The monoisotopic (exact) mass is 293 g/mol. The van der Waals surface area contributed by atoms with Gasteiger partial charge in [-0.25, -0.2) is 4.39 Å². The molecule has 2 nitrogen and oxygen atoms in total. The third-order valence-electron chi connectivity index (χ3n) is 4.30. The lowest BCUT2D eigenvalue weighted by Gasteiger charge is -2.31. The average Bonchev–Trinajstić information content (AvgIpc) is 2.45. The van der Waals surface area contributed by atoms with Gasteiger partial charge in [-0.15, -0.1) is 0 Å². The number of benzene rings is 1. The van der Waals surface area contributed by atoms with Crippen LogP contribution in [0.25, 0.3) is 0 Å². The lowest BCUT2D eigenvalue weighted by atomic mass is 9.85. The average molecular weight is 293 g/mol. The fourth-order valence-corrected chi connectivity index (χ4v) is 3.08. The van der Waals surface area contributed by atoms with E-state index in [9.17, 15) is 4.39 Å². The number of hydrogen-bond acceptors (Lipinski definition) is 2. The van der Waals surface area contributed by atoms with Crippen LogP contribution in [0.4, 0.5) is 4.39 Å². The van der Waals surface area contributed by atoms with Crippen molar-refractivity contribution in [3.8, 4) is 5.75 Å². The fraction of sp³-hybridized carbons (Fsp3) is 0.667. The van der Waals surface area contributed by atoms with E-state index in [1.165, 1.54) is 25.3 Å². The maximum Gasteiger partial charge on any atom is 0.127 e. The maximum atomic E-state index is 13.8. The van der Waals surface area contributed by atoms with E-state index in [4.69, 9.17) is 4.74 Å². The Morgan fingerprint density at radius 2 is 2.00 bits per heavy atom. The van der Waals surface area contributed by atoms with Gasteiger partial charge in [-0.1, -0.05) is 27.2 Å². The van der Waals surface area contributed by atoms with Crippen LogP contribution in [0.1, 0.15) is 58.4 Å². The minimum Gasteiger partial charge on any atom is -0.490 e. The Hall–Kier alpha value is -1.09. The molecule has 0 amide bonds. The van der Waals surface area contributed by atoms with Gasteiger partial charge in [-0.2, -0.15) is 0 Å². The molecule has 1 saturated carbocycles. The highest BCUT2D eigenvalue weighted by molar-refractivity contribution is 5.30. The molecule has 1 fully saturated rings. The zero-order chi connectivity index (χ0) is 15.2. The first kappa shape index (κ1) is 16.3. The summed E-state index contributed by atoms with van der Waals surface area (Å²) in [4.78, 5) is 0. The smallest absolute Gasteiger partial charge is 0.127 e. The van der Waals surface area contributed by atoms with E-state index in [2.05, 4.69) is 26.1 Å².